The maximum atomic E-state index is 13.2. The van der Waals surface area contributed by atoms with Crippen molar-refractivity contribution in [3.63, 3.8) is 0 Å². The number of fused-ring (bicyclic) bond motifs is 3. The van der Waals surface area contributed by atoms with Crippen molar-refractivity contribution in [2.24, 2.45) is 0 Å². The average molecular weight is 505 g/mol. The zero-order chi connectivity index (χ0) is 26.3. The highest BCUT2D eigenvalue weighted by atomic mass is 16.6. The van der Waals surface area contributed by atoms with E-state index in [1.165, 1.54) is 16.7 Å². The Morgan fingerprint density at radius 2 is 1.97 bits per heavy atom. The maximum absolute atomic E-state index is 13.2. The molecule has 1 unspecified atom stereocenters. The molecule has 0 bridgehead atoms. The predicted molar refractivity (Wildman–Crippen MR) is 141 cm³/mol. The van der Waals surface area contributed by atoms with Crippen LogP contribution in [0.2, 0.25) is 0 Å². The van der Waals surface area contributed by atoms with Crippen LogP contribution in [0, 0.1) is 13.8 Å². The first-order valence-electron chi connectivity index (χ1n) is 13.1. The van der Waals surface area contributed by atoms with E-state index in [1.54, 1.807) is 4.90 Å². The summed E-state index contributed by atoms with van der Waals surface area (Å²) in [7, 11) is 0. The molecular weight excluding hydrogens is 468 g/mol. The highest BCUT2D eigenvalue weighted by molar-refractivity contribution is 5.95. The Balaban J connectivity index is 1.30. The molecule has 196 valence electrons. The number of rotatable bonds is 5. The van der Waals surface area contributed by atoms with Gasteiger partial charge in [0.25, 0.3) is 5.91 Å². The van der Waals surface area contributed by atoms with Gasteiger partial charge in [-0.15, -0.1) is 0 Å². The van der Waals surface area contributed by atoms with E-state index in [9.17, 15) is 9.59 Å². The Bertz CT molecular complexity index is 1330. The number of aromatic nitrogens is 2. The number of aryl methyl sites for hydroxylation is 3. The van der Waals surface area contributed by atoms with E-state index in [4.69, 9.17) is 14.3 Å². The Morgan fingerprint density at radius 3 is 2.73 bits per heavy atom. The van der Waals surface area contributed by atoms with E-state index in [0.29, 0.717) is 25.4 Å². The summed E-state index contributed by atoms with van der Waals surface area (Å²) in [6.07, 6.45) is 5.07. The average Bonchev–Trinajstić information content (AvgIpc) is 3.54. The molecule has 1 aliphatic heterocycles. The van der Waals surface area contributed by atoms with Crippen LogP contribution in [0.5, 0.6) is 0 Å². The molecule has 1 aliphatic carbocycles. The largest absolute Gasteiger partial charge is 0.455 e. The van der Waals surface area contributed by atoms with E-state index in [0.717, 1.165) is 48.3 Å². The molecule has 2 aliphatic rings. The summed E-state index contributed by atoms with van der Waals surface area (Å²) >= 11 is 0. The molecule has 37 heavy (non-hydrogen) atoms. The van der Waals surface area contributed by atoms with Crippen LogP contribution < -0.4 is 5.32 Å². The molecule has 2 amide bonds. The fourth-order valence-electron chi connectivity index (χ4n) is 5.32. The van der Waals surface area contributed by atoms with Gasteiger partial charge in [-0.25, -0.2) is 4.79 Å². The monoisotopic (exact) mass is 504 g/mol. The first-order valence-corrected chi connectivity index (χ1v) is 13.1. The lowest BCUT2D eigenvalue weighted by Crippen LogP contribution is -2.45. The van der Waals surface area contributed by atoms with Gasteiger partial charge in [0.1, 0.15) is 11.4 Å². The quantitative estimate of drug-likeness (QED) is 0.526. The van der Waals surface area contributed by atoms with Crippen molar-refractivity contribution >= 4 is 12.0 Å². The Morgan fingerprint density at radius 1 is 1.19 bits per heavy atom. The second-order valence-electron chi connectivity index (χ2n) is 11.2. The Kier molecular flexibility index (Phi) is 6.60. The molecule has 8 heteroatoms. The zero-order valence-corrected chi connectivity index (χ0v) is 22.4. The van der Waals surface area contributed by atoms with Gasteiger partial charge in [-0.05, 0) is 70.6 Å². The van der Waals surface area contributed by atoms with E-state index in [2.05, 4.69) is 30.6 Å². The van der Waals surface area contributed by atoms with E-state index < -0.39 is 5.60 Å². The van der Waals surface area contributed by atoms with E-state index >= 15 is 0 Å². The smallest absolute Gasteiger partial charge is 0.410 e. The molecule has 8 nitrogen and oxygen atoms in total. The minimum Gasteiger partial charge on any atom is -0.455 e. The summed E-state index contributed by atoms with van der Waals surface area (Å²) in [5.74, 6) is 0.879. The van der Waals surface area contributed by atoms with Gasteiger partial charge in [0.05, 0.1) is 18.3 Å². The first kappa shape index (κ1) is 25.1. The third-order valence-corrected chi connectivity index (χ3v) is 7.22. The summed E-state index contributed by atoms with van der Waals surface area (Å²) in [6.45, 7) is 11.3. The molecular formula is C29H36N4O4. The molecule has 5 rings (SSSR count). The number of benzene rings is 1. The van der Waals surface area contributed by atoms with Crippen molar-refractivity contribution in [2.45, 2.75) is 78.5 Å². The van der Waals surface area contributed by atoms with Gasteiger partial charge >= 0.3 is 6.09 Å². The second kappa shape index (κ2) is 9.72. The first-order chi connectivity index (χ1) is 17.6. The lowest BCUT2D eigenvalue weighted by Gasteiger charge is -2.28. The van der Waals surface area contributed by atoms with Crippen molar-refractivity contribution in [2.75, 3.05) is 13.1 Å². The van der Waals surface area contributed by atoms with Crippen molar-refractivity contribution in [1.29, 1.82) is 0 Å². The number of nitrogens with one attached hydrogen (secondary N) is 1. The maximum Gasteiger partial charge on any atom is 0.410 e. The molecule has 3 heterocycles. The number of carbonyl (C=O) groups is 2. The highest BCUT2D eigenvalue weighted by Crippen LogP contribution is 2.38. The molecule has 1 fully saturated rings. The number of amides is 2. The molecule has 0 radical (unpaired) electrons. The molecule has 1 atom stereocenters. The topological polar surface area (TPSA) is 89.6 Å². The summed E-state index contributed by atoms with van der Waals surface area (Å²) in [5, 5.41) is 7.90. The third kappa shape index (κ3) is 5.15. The van der Waals surface area contributed by atoms with Gasteiger partial charge in [-0.1, -0.05) is 24.3 Å². The van der Waals surface area contributed by atoms with Gasteiger partial charge in [-0.2, -0.15) is 5.10 Å². The van der Waals surface area contributed by atoms with Crippen LogP contribution in [0.15, 0.2) is 34.9 Å². The number of hydrogen-bond acceptors (Lipinski definition) is 5. The van der Waals surface area contributed by atoms with Gasteiger partial charge in [0.15, 0.2) is 5.76 Å². The molecule has 3 aromatic rings. The summed E-state index contributed by atoms with van der Waals surface area (Å²) < 4.78 is 13.6. The highest BCUT2D eigenvalue weighted by Gasteiger charge is 2.34. The number of ether oxygens (including phenoxy) is 1. The fraction of sp³-hybridized carbons (Fsp3) is 0.483. The number of hydrogen-bond donors (Lipinski definition) is 1. The van der Waals surface area contributed by atoms with Crippen LogP contribution >= 0.6 is 0 Å². The number of likely N-dealkylation sites (tertiary alicyclic amines) is 1. The molecule has 1 aromatic carbocycles. The van der Waals surface area contributed by atoms with E-state index in [1.807, 2.05) is 44.5 Å². The van der Waals surface area contributed by atoms with Crippen LogP contribution in [0.4, 0.5) is 4.79 Å². The number of carbonyl (C=O) groups excluding carboxylic acids is 2. The van der Waals surface area contributed by atoms with Crippen molar-refractivity contribution < 1.29 is 18.7 Å². The lowest BCUT2D eigenvalue weighted by atomic mass is 9.93. The fourth-order valence-corrected chi connectivity index (χ4v) is 5.32. The standard InChI is InChI=1S/C29H36N4O4/c1-18-9-6-7-10-20(18)16-32-17-21-12-13-23-24(25(21)31-32)19(2)26(36-23)27(34)30-15-22-11-8-14-33(22)28(35)37-29(3,4)5/h6-7,9-10,17,22H,8,11-16H2,1-5H3,(H,30,34). The SMILES string of the molecule is Cc1ccccc1Cn1cc2c(n1)-c1c(oc(C(=O)NCC3CCCN3C(=O)OC(C)(C)C)c1C)CC2. The number of furan rings is 1. The minimum atomic E-state index is -0.552. The van der Waals surface area contributed by atoms with Crippen molar-refractivity contribution in [3.05, 3.63) is 64.2 Å². The molecule has 0 saturated carbocycles. The third-order valence-electron chi connectivity index (χ3n) is 7.22. The Labute approximate surface area is 218 Å². The zero-order valence-electron chi connectivity index (χ0n) is 22.4. The summed E-state index contributed by atoms with van der Waals surface area (Å²) in [5.41, 5.74) is 5.75. The molecule has 1 N–H and O–H groups in total. The normalized spacial score (nSPS) is 16.9. The van der Waals surface area contributed by atoms with Crippen LogP contribution in [-0.4, -0.2) is 51.4 Å². The van der Waals surface area contributed by atoms with Gasteiger partial charge < -0.3 is 19.4 Å². The Hall–Kier alpha value is -3.55. The van der Waals surface area contributed by atoms with E-state index in [-0.39, 0.29) is 18.0 Å². The van der Waals surface area contributed by atoms with Crippen molar-refractivity contribution in [3.8, 4) is 11.3 Å². The lowest BCUT2D eigenvalue weighted by molar-refractivity contribution is 0.0225. The minimum absolute atomic E-state index is 0.0903. The molecule has 0 spiro atoms. The molecule has 2 aromatic heterocycles. The predicted octanol–water partition coefficient (Wildman–Crippen LogP) is 5.04. The van der Waals surface area contributed by atoms with Gasteiger partial charge in [-0.3, -0.25) is 9.48 Å². The van der Waals surface area contributed by atoms with Crippen LogP contribution in [0.25, 0.3) is 11.3 Å². The van der Waals surface area contributed by atoms with Gasteiger partial charge in [0, 0.05) is 36.8 Å². The van der Waals surface area contributed by atoms with Crippen LogP contribution in [-0.2, 0) is 24.1 Å². The van der Waals surface area contributed by atoms with Crippen LogP contribution in [0.1, 0.15) is 72.2 Å². The molecule has 1 saturated heterocycles. The van der Waals surface area contributed by atoms with Crippen LogP contribution in [0.3, 0.4) is 0 Å². The summed E-state index contributed by atoms with van der Waals surface area (Å²) in [4.78, 5) is 27.5. The summed E-state index contributed by atoms with van der Waals surface area (Å²) in [6, 6.07) is 8.24. The van der Waals surface area contributed by atoms with Gasteiger partial charge in [0.2, 0.25) is 0 Å². The van der Waals surface area contributed by atoms with Crippen molar-refractivity contribution in [1.82, 2.24) is 20.0 Å². The second-order valence-corrected chi connectivity index (χ2v) is 11.2. The number of nitrogens with zero attached hydrogens (tertiary/aromatic N) is 3.